The maximum atomic E-state index is 12.1. The van der Waals surface area contributed by atoms with Gasteiger partial charge >= 0.3 is 7.67 Å². The third-order valence-electron chi connectivity index (χ3n) is 1.82. The highest BCUT2D eigenvalue weighted by atomic mass is 35.5. The lowest BCUT2D eigenvalue weighted by atomic mass is 10.4. The number of hydrogen-bond donors (Lipinski definition) is 0. The summed E-state index contributed by atoms with van der Waals surface area (Å²) in [6.07, 6.45) is 2.27. The van der Waals surface area contributed by atoms with Gasteiger partial charge in [-0.3, -0.25) is 0 Å². The zero-order valence-corrected chi connectivity index (χ0v) is 10.1. The first-order chi connectivity index (χ1) is 6.73. The molecule has 0 aromatic heterocycles. The van der Waals surface area contributed by atoms with Crippen LogP contribution in [-0.4, -0.2) is 42.3 Å². The van der Waals surface area contributed by atoms with Crippen molar-refractivity contribution in [3.05, 3.63) is 0 Å². The van der Waals surface area contributed by atoms with E-state index < -0.39 is 7.67 Å². The van der Waals surface area contributed by atoms with Crippen LogP contribution in [0.25, 0.3) is 0 Å². The molecule has 0 aromatic rings. The summed E-state index contributed by atoms with van der Waals surface area (Å²) >= 11 is 11.0. The molecule has 14 heavy (non-hydrogen) atoms. The Morgan fingerprint density at radius 2 is 2.36 bits per heavy atom. The Bertz CT molecular complexity index is 248. The van der Waals surface area contributed by atoms with Crippen molar-refractivity contribution >= 4 is 37.1 Å². The number of alkyl halides is 2. The molecular weight excluding hydrogens is 246 g/mol. The maximum absolute atomic E-state index is 12.1. The summed E-state index contributed by atoms with van der Waals surface area (Å²) in [5.74, 6) is 0.659. The molecule has 0 N–H and O–H groups in total. The number of nitrogens with zero attached hydrogens (tertiary/aromatic N) is 2. The van der Waals surface area contributed by atoms with Crippen molar-refractivity contribution in [3.8, 4) is 0 Å². The minimum atomic E-state index is -3.02. The van der Waals surface area contributed by atoms with E-state index >= 15 is 0 Å². The Kier molecular flexibility index (Phi) is 5.42. The predicted octanol–water partition coefficient (Wildman–Crippen LogP) is 2.37. The molecule has 1 atom stereocenters. The van der Waals surface area contributed by atoms with Gasteiger partial charge < -0.3 is 4.52 Å². The van der Waals surface area contributed by atoms with Crippen molar-refractivity contribution in [1.82, 2.24) is 4.67 Å². The van der Waals surface area contributed by atoms with Gasteiger partial charge in [-0.15, -0.1) is 23.2 Å². The van der Waals surface area contributed by atoms with Gasteiger partial charge in [0.05, 0.1) is 12.5 Å². The van der Waals surface area contributed by atoms with E-state index in [1.807, 2.05) is 0 Å². The molecule has 1 rings (SSSR count). The Labute approximate surface area is 93.8 Å². The highest BCUT2D eigenvalue weighted by Gasteiger charge is 2.33. The zero-order valence-electron chi connectivity index (χ0n) is 7.73. The average Bonchev–Trinajstić information content (AvgIpc) is 2.19. The van der Waals surface area contributed by atoms with Crippen LogP contribution in [0.3, 0.4) is 0 Å². The van der Waals surface area contributed by atoms with Gasteiger partial charge in [0.2, 0.25) is 0 Å². The molecule has 1 saturated heterocycles. The molecule has 0 amide bonds. The van der Waals surface area contributed by atoms with Gasteiger partial charge in [0.15, 0.2) is 0 Å². The van der Waals surface area contributed by atoms with E-state index in [1.165, 1.54) is 6.21 Å². The smallest absolute Gasteiger partial charge is 0.300 e. The molecule has 0 spiro atoms. The van der Waals surface area contributed by atoms with Crippen LogP contribution in [0.15, 0.2) is 4.76 Å². The SMILES string of the molecule is O=P1(N=CCCl)OCCCN1CCCl. The minimum Gasteiger partial charge on any atom is -0.300 e. The predicted molar refractivity (Wildman–Crippen MR) is 59.7 cm³/mol. The molecule has 1 fully saturated rings. The van der Waals surface area contributed by atoms with Gasteiger partial charge in [-0.1, -0.05) is 0 Å². The van der Waals surface area contributed by atoms with Gasteiger partial charge in [-0.05, 0) is 6.42 Å². The molecule has 4 nitrogen and oxygen atoms in total. The van der Waals surface area contributed by atoms with Gasteiger partial charge in [0.25, 0.3) is 0 Å². The summed E-state index contributed by atoms with van der Waals surface area (Å²) in [5.41, 5.74) is 0. The minimum absolute atomic E-state index is 0.238. The number of rotatable bonds is 4. The van der Waals surface area contributed by atoms with Crippen LogP contribution in [0.4, 0.5) is 0 Å². The third-order valence-corrected chi connectivity index (χ3v) is 4.21. The topological polar surface area (TPSA) is 41.9 Å². The third kappa shape index (κ3) is 3.21. The van der Waals surface area contributed by atoms with E-state index in [-0.39, 0.29) is 5.88 Å². The zero-order chi connectivity index (χ0) is 10.4. The van der Waals surface area contributed by atoms with Crippen LogP contribution < -0.4 is 0 Å². The van der Waals surface area contributed by atoms with E-state index in [1.54, 1.807) is 4.67 Å². The van der Waals surface area contributed by atoms with Crippen LogP contribution in [0.5, 0.6) is 0 Å². The highest BCUT2D eigenvalue weighted by Crippen LogP contribution is 2.54. The largest absolute Gasteiger partial charge is 0.389 e. The lowest BCUT2D eigenvalue weighted by Crippen LogP contribution is -2.29. The normalized spacial score (nSPS) is 29.9. The van der Waals surface area contributed by atoms with Crippen LogP contribution in [0.1, 0.15) is 6.42 Å². The van der Waals surface area contributed by atoms with Crippen molar-refractivity contribution in [2.24, 2.45) is 4.76 Å². The summed E-state index contributed by atoms with van der Waals surface area (Å²) in [7, 11) is -3.02. The average molecular weight is 259 g/mol. The molecule has 82 valence electrons. The lowest BCUT2D eigenvalue weighted by molar-refractivity contribution is 0.211. The Balaban J connectivity index is 2.69. The van der Waals surface area contributed by atoms with Crippen molar-refractivity contribution in [2.75, 3.05) is 31.5 Å². The first-order valence-electron chi connectivity index (χ1n) is 4.39. The maximum Gasteiger partial charge on any atom is 0.389 e. The van der Waals surface area contributed by atoms with Gasteiger partial charge in [-0.2, -0.15) is 0 Å². The van der Waals surface area contributed by atoms with E-state index in [0.29, 0.717) is 25.6 Å². The van der Waals surface area contributed by atoms with Crippen LogP contribution in [0, 0.1) is 0 Å². The molecule has 1 heterocycles. The molecule has 0 radical (unpaired) electrons. The molecular formula is C7H13Cl2N2O2P. The molecule has 0 aromatic carbocycles. The Morgan fingerprint density at radius 1 is 1.57 bits per heavy atom. The highest BCUT2D eigenvalue weighted by molar-refractivity contribution is 7.55. The summed E-state index contributed by atoms with van der Waals surface area (Å²) in [4.78, 5) is 0. The molecule has 7 heteroatoms. The van der Waals surface area contributed by atoms with Crippen molar-refractivity contribution in [3.63, 3.8) is 0 Å². The lowest BCUT2D eigenvalue weighted by Gasteiger charge is -2.31. The van der Waals surface area contributed by atoms with E-state index in [2.05, 4.69) is 4.76 Å². The summed E-state index contributed by atoms with van der Waals surface area (Å²) < 4.78 is 22.9. The summed E-state index contributed by atoms with van der Waals surface area (Å²) in [6.45, 7) is 1.72. The van der Waals surface area contributed by atoms with Crippen LogP contribution in [-0.2, 0) is 9.09 Å². The first kappa shape index (κ1) is 12.5. The molecule has 1 unspecified atom stereocenters. The van der Waals surface area contributed by atoms with Crippen molar-refractivity contribution < 1.29 is 9.09 Å². The van der Waals surface area contributed by atoms with E-state index in [0.717, 1.165) is 6.42 Å². The van der Waals surface area contributed by atoms with Crippen molar-refractivity contribution in [2.45, 2.75) is 6.42 Å². The molecule has 0 aliphatic carbocycles. The summed E-state index contributed by atoms with van der Waals surface area (Å²) in [5, 5.41) is 0. The number of hydrogen-bond acceptors (Lipinski definition) is 2. The fourth-order valence-electron chi connectivity index (χ4n) is 1.21. The second kappa shape index (κ2) is 6.09. The molecule has 1 aliphatic heterocycles. The Hall–Kier alpha value is 0.400. The number of halogens is 2. The molecule has 1 aliphatic rings. The molecule has 0 bridgehead atoms. The monoisotopic (exact) mass is 258 g/mol. The molecule has 0 saturated carbocycles. The quantitative estimate of drug-likeness (QED) is 0.442. The van der Waals surface area contributed by atoms with Crippen LogP contribution in [0.2, 0.25) is 0 Å². The summed E-state index contributed by atoms with van der Waals surface area (Å²) in [6, 6.07) is 0. The fraction of sp³-hybridized carbons (Fsp3) is 0.857. The van der Waals surface area contributed by atoms with E-state index in [4.69, 9.17) is 27.7 Å². The van der Waals surface area contributed by atoms with Crippen molar-refractivity contribution in [1.29, 1.82) is 0 Å². The second-order valence-electron chi connectivity index (χ2n) is 2.77. The van der Waals surface area contributed by atoms with Gasteiger partial charge in [0.1, 0.15) is 0 Å². The fourth-order valence-corrected chi connectivity index (χ4v) is 3.48. The van der Waals surface area contributed by atoms with E-state index in [9.17, 15) is 4.57 Å². The van der Waals surface area contributed by atoms with Crippen LogP contribution >= 0.6 is 30.9 Å². The second-order valence-corrected chi connectivity index (χ2v) is 5.49. The Morgan fingerprint density at radius 3 is 3.00 bits per heavy atom. The van der Waals surface area contributed by atoms with Gasteiger partial charge in [0, 0.05) is 25.2 Å². The first-order valence-corrected chi connectivity index (χ1v) is 6.99. The standard InChI is InChI=1S/C7H13Cl2N2O2P/c8-2-4-10-14(12)11(6-3-9)5-1-7-13-14/h4H,1-3,5-7H2. The van der Waals surface area contributed by atoms with Gasteiger partial charge in [-0.25, -0.2) is 14.0 Å².